The molecule has 0 radical (unpaired) electrons. The number of likely N-dealkylation sites (N-methyl/N-ethyl adjacent to an activating group) is 1. The van der Waals surface area contributed by atoms with Crippen LogP contribution in [0.1, 0.15) is 41.5 Å². The number of carboxylic acid groups (broad SMARTS) is 1. The molecule has 1 aliphatic heterocycles. The second kappa shape index (κ2) is 9.49. The number of rotatable bonds is 6. The van der Waals surface area contributed by atoms with E-state index in [4.69, 9.17) is 4.74 Å². The number of aliphatic carboxylic acids is 1. The molecule has 0 spiro atoms. The molecular formula is C18H31N3O6S. The Morgan fingerprint density at radius 2 is 1.79 bits per heavy atom. The van der Waals surface area contributed by atoms with Crippen molar-refractivity contribution in [3.05, 3.63) is 0 Å². The first kappa shape index (κ1) is 24.1. The Morgan fingerprint density at radius 3 is 2.25 bits per heavy atom. The van der Waals surface area contributed by atoms with Crippen molar-refractivity contribution in [1.82, 2.24) is 15.1 Å². The molecule has 1 unspecified atom stereocenters. The van der Waals surface area contributed by atoms with Crippen molar-refractivity contribution < 1.29 is 29.0 Å². The van der Waals surface area contributed by atoms with Gasteiger partial charge in [0, 0.05) is 19.3 Å². The average molecular weight is 418 g/mol. The fraction of sp³-hybridized carbons (Fsp3) is 0.778. The Kier molecular flexibility index (Phi) is 8.16. The van der Waals surface area contributed by atoms with E-state index in [2.05, 4.69) is 5.32 Å². The predicted molar refractivity (Wildman–Crippen MR) is 106 cm³/mol. The quantitative estimate of drug-likeness (QED) is 0.670. The van der Waals surface area contributed by atoms with E-state index < -0.39 is 46.9 Å². The molecule has 1 fully saturated rings. The van der Waals surface area contributed by atoms with Crippen LogP contribution in [0.3, 0.4) is 0 Å². The van der Waals surface area contributed by atoms with Crippen LogP contribution in [0.15, 0.2) is 0 Å². The third kappa shape index (κ3) is 6.29. The summed E-state index contributed by atoms with van der Waals surface area (Å²) in [6.45, 7) is 10.6. The van der Waals surface area contributed by atoms with Gasteiger partial charge in [0.05, 0.1) is 0 Å². The van der Waals surface area contributed by atoms with E-state index in [0.717, 1.165) is 4.90 Å². The first-order chi connectivity index (χ1) is 12.8. The maximum Gasteiger partial charge on any atom is 0.410 e. The largest absolute Gasteiger partial charge is 0.479 e. The number of nitrogens with one attached hydrogen (secondary N) is 1. The Balaban J connectivity index is 2.85. The molecule has 1 rings (SSSR count). The summed E-state index contributed by atoms with van der Waals surface area (Å²) in [5.41, 5.74) is -0.697. The predicted octanol–water partition coefficient (Wildman–Crippen LogP) is 1.37. The van der Waals surface area contributed by atoms with Gasteiger partial charge >= 0.3 is 12.1 Å². The van der Waals surface area contributed by atoms with E-state index in [-0.39, 0.29) is 5.92 Å². The Hall–Kier alpha value is -1.97. The van der Waals surface area contributed by atoms with Crippen LogP contribution in [-0.4, -0.2) is 81.2 Å². The molecule has 3 atom stereocenters. The van der Waals surface area contributed by atoms with E-state index in [9.17, 15) is 24.3 Å². The van der Waals surface area contributed by atoms with Crippen LogP contribution in [0.5, 0.6) is 0 Å². The maximum atomic E-state index is 12.9. The van der Waals surface area contributed by atoms with Crippen LogP contribution in [0.2, 0.25) is 0 Å². The lowest BCUT2D eigenvalue weighted by molar-refractivity contribution is -0.147. The minimum absolute atomic E-state index is 0.254. The maximum absolute atomic E-state index is 12.9. The highest BCUT2D eigenvalue weighted by Crippen LogP contribution is 2.25. The molecule has 1 saturated heterocycles. The molecule has 28 heavy (non-hydrogen) atoms. The van der Waals surface area contributed by atoms with Gasteiger partial charge in [0.1, 0.15) is 17.7 Å². The summed E-state index contributed by atoms with van der Waals surface area (Å²) >= 11 is 1.18. The smallest absolute Gasteiger partial charge is 0.410 e. The summed E-state index contributed by atoms with van der Waals surface area (Å²) in [4.78, 5) is 51.5. The van der Waals surface area contributed by atoms with Crippen molar-refractivity contribution in [3.63, 3.8) is 0 Å². The minimum atomic E-state index is -1.08. The zero-order valence-corrected chi connectivity index (χ0v) is 18.3. The molecule has 10 heteroatoms. The topological polar surface area (TPSA) is 116 Å². The molecule has 0 aromatic heterocycles. The number of thioether (sulfide) groups is 1. The van der Waals surface area contributed by atoms with Gasteiger partial charge in [-0.05, 0) is 33.6 Å². The normalized spacial score (nSPS) is 19.1. The highest BCUT2D eigenvalue weighted by Gasteiger charge is 2.40. The zero-order chi connectivity index (χ0) is 21.8. The van der Waals surface area contributed by atoms with Crippen molar-refractivity contribution >= 4 is 35.6 Å². The lowest BCUT2D eigenvalue weighted by Gasteiger charge is -2.32. The standard InChI is InChI=1S/C18H31N3O6S/c1-10(2)12(14(23)21-8-9-28-15(21)16(24)25)19-13(22)11(3)20(7)17(26)27-18(4,5)6/h10-12,15H,8-9H2,1-7H3,(H,19,22)(H,24,25)/t11-,12-,15?/m0/s1. The molecule has 1 heterocycles. The monoisotopic (exact) mass is 417 g/mol. The molecule has 0 saturated carbocycles. The van der Waals surface area contributed by atoms with Crippen molar-refractivity contribution in [2.24, 2.45) is 5.92 Å². The third-order valence-corrected chi connectivity index (χ3v) is 5.45. The van der Waals surface area contributed by atoms with Crippen molar-refractivity contribution in [2.45, 2.75) is 64.6 Å². The van der Waals surface area contributed by atoms with Gasteiger partial charge in [0.2, 0.25) is 11.8 Å². The first-order valence-corrected chi connectivity index (χ1v) is 10.2. The van der Waals surface area contributed by atoms with E-state index >= 15 is 0 Å². The fourth-order valence-corrected chi connectivity index (χ4v) is 3.59. The SMILES string of the molecule is CC(C)[C@H](NC(=O)[C@H](C)N(C)C(=O)OC(C)(C)C)C(=O)N1CCSC1C(=O)O. The first-order valence-electron chi connectivity index (χ1n) is 9.17. The van der Waals surface area contributed by atoms with Gasteiger partial charge in [-0.25, -0.2) is 9.59 Å². The molecule has 9 nitrogen and oxygen atoms in total. The summed E-state index contributed by atoms with van der Waals surface area (Å²) in [5, 5.41) is 11.0. The second-order valence-corrected chi connectivity index (χ2v) is 9.28. The number of hydrogen-bond acceptors (Lipinski definition) is 6. The molecule has 1 aliphatic rings. The van der Waals surface area contributed by atoms with Crippen LogP contribution in [-0.2, 0) is 19.1 Å². The Bertz CT molecular complexity index is 619. The summed E-state index contributed by atoms with van der Waals surface area (Å²) in [5.74, 6) is -1.76. The lowest BCUT2D eigenvalue weighted by Crippen LogP contribution is -2.57. The lowest BCUT2D eigenvalue weighted by atomic mass is 10.0. The molecule has 0 aromatic rings. The molecular weight excluding hydrogens is 386 g/mol. The van der Waals surface area contributed by atoms with E-state index in [0.29, 0.717) is 12.3 Å². The molecule has 0 aromatic carbocycles. The summed E-state index contributed by atoms with van der Waals surface area (Å²) in [6.07, 6.45) is -0.649. The van der Waals surface area contributed by atoms with Crippen LogP contribution in [0, 0.1) is 5.92 Å². The van der Waals surface area contributed by atoms with Gasteiger partial charge in [0.15, 0.2) is 5.37 Å². The summed E-state index contributed by atoms with van der Waals surface area (Å²) in [7, 11) is 1.45. The molecule has 0 bridgehead atoms. The highest BCUT2D eigenvalue weighted by atomic mass is 32.2. The van der Waals surface area contributed by atoms with Crippen LogP contribution in [0.25, 0.3) is 0 Å². The zero-order valence-electron chi connectivity index (χ0n) is 17.5. The average Bonchev–Trinajstić information content (AvgIpc) is 3.05. The van der Waals surface area contributed by atoms with Crippen LogP contribution < -0.4 is 5.32 Å². The number of carboxylic acids is 1. The number of carbonyl (C=O) groups is 4. The molecule has 0 aliphatic carbocycles. The molecule has 160 valence electrons. The van der Waals surface area contributed by atoms with E-state index in [1.807, 2.05) is 0 Å². The van der Waals surface area contributed by atoms with Gasteiger partial charge in [-0.1, -0.05) is 13.8 Å². The highest BCUT2D eigenvalue weighted by molar-refractivity contribution is 8.00. The number of hydrogen-bond donors (Lipinski definition) is 2. The van der Waals surface area contributed by atoms with Crippen LogP contribution >= 0.6 is 11.8 Å². The number of ether oxygens (including phenoxy) is 1. The van der Waals surface area contributed by atoms with Gasteiger partial charge in [-0.15, -0.1) is 11.8 Å². The summed E-state index contributed by atoms with van der Waals surface area (Å²) in [6, 6.07) is -1.75. The van der Waals surface area contributed by atoms with Crippen molar-refractivity contribution in [1.29, 1.82) is 0 Å². The van der Waals surface area contributed by atoms with Gasteiger partial charge in [0.25, 0.3) is 0 Å². The van der Waals surface area contributed by atoms with Gasteiger partial charge in [-0.3, -0.25) is 14.5 Å². The molecule has 2 N–H and O–H groups in total. The van der Waals surface area contributed by atoms with Crippen LogP contribution in [0.4, 0.5) is 4.79 Å². The second-order valence-electron chi connectivity index (χ2n) is 8.09. The van der Waals surface area contributed by atoms with E-state index in [1.165, 1.54) is 30.6 Å². The minimum Gasteiger partial charge on any atom is -0.479 e. The third-order valence-electron chi connectivity index (χ3n) is 4.26. The fourth-order valence-electron chi connectivity index (χ4n) is 2.53. The summed E-state index contributed by atoms with van der Waals surface area (Å²) < 4.78 is 5.26. The van der Waals surface area contributed by atoms with Gasteiger partial charge in [-0.2, -0.15) is 0 Å². The number of carbonyl (C=O) groups excluding carboxylic acids is 3. The molecule has 3 amide bonds. The Labute approximate surface area is 170 Å². The van der Waals surface area contributed by atoms with Crippen molar-refractivity contribution in [3.8, 4) is 0 Å². The number of nitrogens with zero attached hydrogens (tertiary/aromatic N) is 2. The Morgan fingerprint density at radius 1 is 1.21 bits per heavy atom. The van der Waals surface area contributed by atoms with Gasteiger partial charge < -0.3 is 20.1 Å². The van der Waals surface area contributed by atoms with Crippen molar-refractivity contribution in [2.75, 3.05) is 19.3 Å². The number of amides is 3. The van der Waals surface area contributed by atoms with E-state index in [1.54, 1.807) is 34.6 Å².